The fraction of sp³-hybridized carbons (Fsp3) is 0.500. The molecule has 0 unspecified atom stereocenters. The minimum Gasteiger partial charge on any atom is -0.319 e. The smallest absolute Gasteiger partial charge is 0.162 e. The van der Waals surface area contributed by atoms with Crippen LogP contribution in [0.1, 0.15) is 23.7 Å². The van der Waals surface area contributed by atoms with Crippen LogP contribution in [0.2, 0.25) is 0 Å². The first-order valence-electron chi connectivity index (χ1n) is 6.52. The van der Waals surface area contributed by atoms with Crippen molar-refractivity contribution in [2.45, 2.75) is 13.3 Å². The van der Waals surface area contributed by atoms with Crippen LogP contribution in [-0.4, -0.2) is 48.9 Å². The third-order valence-electron chi connectivity index (χ3n) is 3.32. The van der Waals surface area contributed by atoms with E-state index >= 15 is 0 Å². The van der Waals surface area contributed by atoms with E-state index < -0.39 is 0 Å². The molecule has 18 heavy (non-hydrogen) atoms. The zero-order valence-corrected chi connectivity index (χ0v) is 11.1. The van der Waals surface area contributed by atoms with E-state index in [1.165, 1.54) is 0 Å². The Morgan fingerprint density at radius 2 is 1.78 bits per heavy atom. The molecule has 0 aromatic heterocycles. The van der Waals surface area contributed by atoms with Crippen LogP contribution in [0.3, 0.4) is 0 Å². The summed E-state index contributed by atoms with van der Waals surface area (Å²) in [5.74, 6) is 0.196. The number of likely N-dealkylation sites (N-methyl/N-ethyl adjacent to an activating group) is 1. The highest BCUT2D eigenvalue weighted by Crippen LogP contribution is 2.12. The van der Waals surface area contributed by atoms with E-state index in [0.717, 1.165) is 37.4 Å². The van der Waals surface area contributed by atoms with Crippen LogP contribution in [0, 0.1) is 0 Å². The average molecular weight is 247 g/mol. The zero-order valence-electron chi connectivity index (χ0n) is 11.1. The molecule has 1 fully saturated rings. The van der Waals surface area contributed by atoms with Crippen LogP contribution >= 0.6 is 0 Å². The number of carbonyl (C=O) groups is 1. The van der Waals surface area contributed by atoms with Gasteiger partial charge < -0.3 is 10.3 Å². The van der Waals surface area contributed by atoms with Crippen molar-refractivity contribution < 1.29 is 4.79 Å². The molecule has 0 saturated carbocycles. The number of nitrogens with one attached hydrogen (secondary N) is 1. The number of rotatable bonds is 4. The van der Waals surface area contributed by atoms with Crippen molar-refractivity contribution in [2.75, 3.05) is 38.7 Å². The van der Waals surface area contributed by atoms with E-state index in [1.54, 1.807) is 0 Å². The molecule has 1 aliphatic rings. The molecule has 1 aromatic rings. The minimum absolute atomic E-state index is 0.196. The van der Waals surface area contributed by atoms with Gasteiger partial charge in [0.1, 0.15) is 0 Å². The quantitative estimate of drug-likeness (QED) is 0.824. The summed E-state index contributed by atoms with van der Waals surface area (Å²) in [6.07, 6.45) is 0.561. The van der Waals surface area contributed by atoms with E-state index in [4.69, 9.17) is 0 Å². The predicted octanol–water partition coefficient (Wildman–Crippen LogP) is 1.85. The van der Waals surface area contributed by atoms with E-state index in [9.17, 15) is 4.79 Å². The lowest BCUT2D eigenvalue weighted by Crippen LogP contribution is -2.46. The second kappa shape index (κ2) is 5.98. The van der Waals surface area contributed by atoms with Crippen LogP contribution in [0.25, 0.3) is 0 Å². The van der Waals surface area contributed by atoms with Crippen molar-refractivity contribution in [1.29, 1.82) is 0 Å². The second-order valence-corrected chi connectivity index (χ2v) is 4.76. The molecule has 1 saturated heterocycles. The number of ketones is 1. The summed E-state index contributed by atoms with van der Waals surface area (Å²) in [6.45, 7) is 6.09. The molecule has 1 N–H and O–H groups in total. The number of nitrogens with zero attached hydrogens (tertiary/aromatic N) is 2. The van der Waals surface area contributed by atoms with Gasteiger partial charge in [0.25, 0.3) is 0 Å². The average Bonchev–Trinajstić information content (AvgIpc) is 2.41. The SMILES string of the molecule is CCC(=O)c1ccc(NN2CCN(C)CC2)cc1. The monoisotopic (exact) mass is 247 g/mol. The summed E-state index contributed by atoms with van der Waals surface area (Å²) in [4.78, 5) is 13.8. The fourth-order valence-electron chi connectivity index (χ4n) is 2.04. The number of Topliss-reactive ketones (excluding diaryl/α,β-unsaturated/α-hetero) is 1. The Morgan fingerprint density at radius 1 is 1.17 bits per heavy atom. The van der Waals surface area contributed by atoms with E-state index in [0.29, 0.717) is 6.42 Å². The Morgan fingerprint density at radius 3 is 2.33 bits per heavy atom. The lowest BCUT2D eigenvalue weighted by Gasteiger charge is -2.33. The molecular weight excluding hydrogens is 226 g/mol. The number of hydrogen-bond acceptors (Lipinski definition) is 4. The molecule has 0 radical (unpaired) electrons. The topological polar surface area (TPSA) is 35.6 Å². The summed E-state index contributed by atoms with van der Waals surface area (Å²) in [6, 6.07) is 7.73. The maximum absolute atomic E-state index is 11.5. The molecule has 2 rings (SSSR count). The third-order valence-corrected chi connectivity index (χ3v) is 3.32. The molecule has 0 aliphatic carbocycles. The zero-order chi connectivity index (χ0) is 13.0. The lowest BCUT2D eigenvalue weighted by atomic mass is 10.1. The Hall–Kier alpha value is -1.39. The molecule has 4 nitrogen and oxygen atoms in total. The Bertz CT molecular complexity index is 394. The molecule has 0 atom stereocenters. The summed E-state index contributed by atoms with van der Waals surface area (Å²) >= 11 is 0. The van der Waals surface area contributed by atoms with E-state index in [2.05, 4.69) is 22.4 Å². The lowest BCUT2D eigenvalue weighted by molar-refractivity contribution is 0.0988. The summed E-state index contributed by atoms with van der Waals surface area (Å²) < 4.78 is 0. The first kappa shape index (κ1) is 13.1. The summed E-state index contributed by atoms with van der Waals surface area (Å²) in [5, 5.41) is 2.22. The van der Waals surface area contributed by atoms with Gasteiger partial charge in [-0.2, -0.15) is 0 Å². The largest absolute Gasteiger partial charge is 0.319 e. The van der Waals surface area contributed by atoms with Crippen molar-refractivity contribution in [3.8, 4) is 0 Å². The van der Waals surface area contributed by atoms with Gasteiger partial charge in [0.15, 0.2) is 5.78 Å². The number of hydrogen-bond donors (Lipinski definition) is 1. The Labute approximate surface area is 109 Å². The number of piperazine rings is 1. The molecule has 98 valence electrons. The van der Waals surface area contributed by atoms with Crippen molar-refractivity contribution in [3.63, 3.8) is 0 Å². The van der Waals surface area contributed by atoms with Gasteiger partial charge in [-0.1, -0.05) is 6.92 Å². The normalized spacial score (nSPS) is 17.7. The van der Waals surface area contributed by atoms with Gasteiger partial charge in [-0.25, -0.2) is 5.01 Å². The maximum Gasteiger partial charge on any atom is 0.162 e. The number of hydrazine groups is 1. The highest BCUT2D eigenvalue weighted by molar-refractivity contribution is 5.96. The second-order valence-electron chi connectivity index (χ2n) is 4.76. The molecule has 0 amide bonds. The molecule has 0 bridgehead atoms. The molecule has 0 spiro atoms. The van der Waals surface area contributed by atoms with Crippen molar-refractivity contribution >= 4 is 11.5 Å². The third kappa shape index (κ3) is 3.31. The highest BCUT2D eigenvalue weighted by Gasteiger charge is 2.13. The number of anilines is 1. The van der Waals surface area contributed by atoms with Gasteiger partial charge in [-0.3, -0.25) is 4.79 Å². The van der Waals surface area contributed by atoms with Crippen molar-refractivity contribution in [2.24, 2.45) is 0 Å². The van der Waals surface area contributed by atoms with E-state index in [1.807, 2.05) is 31.2 Å². The molecule has 1 heterocycles. The van der Waals surface area contributed by atoms with Gasteiger partial charge in [0, 0.05) is 43.9 Å². The molecular formula is C14H21N3O. The molecule has 4 heteroatoms. The van der Waals surface area contributed by atoms with E-state index in [-0.39, 0.29) is 5.78 Å². The van der Waals surface area contributed by atoms with Crippen LogP contribution in [0.5, 0.6) is 0 Å². The first-order chi connectivity index (χ1) is 8.69. The van der Waals surface area contributed by atoms with Gasteiger partial charge in [-0.15, -0.1) is 0 Å². The minimum atomic E-state index is 0.196. The molecule has 1 aliphatic heterocycles. The number of benzene rings is 1. The Balaban J connectivity index is 1.92. The van der Waals surface area contributed by atoms with Crippen LogP contribution in [0.15, 0.2) is 24.3 Å². The predicted molar refractivity (Wildman–Crippen MR) is 73.8 cm³/mol. The summed E-state index contributed by atoms with van der Waals surface area (Å²) in [5.41, 5.74) is 5.22. The van der Waals surface area contributed by atoms with Gasteiger partial charge >= 0.3 is 0 Å². The summed E-state index contributed by atoms with van der Waals surface area (Å²) in [7, 11) is 2.14. The van der Waals surface area contributed by atoms with Gasteiger partial charge in [-0.05, 0) is 31.3 Å². The van der Waals surface area contributed by atoms with Crippen LogP contribution in [0.4, 0.5) is 5.69 Å². The molecule has 1 aromatic carbocycles. The Kier molecular flexibility index (Phi) is 4.33. The highest BCUT2D eigenvalue weighted by atomic mass is 16.1. The van der Waals surface area contributed by atoms with Gasteiger partial charge in [0.05, 0.1) is 0 Å². The maximum atomic E-state index is 11.5. The first-order valence-corrected chi connectivity index (χ1v) is 6.52. The van der Waals surface area contributed by atoms with Crippen molar-refractivity contribution in [1.82, 2.24) is 9.91 Å². The van der Waals surface area contributed by atoms with Crippen molar-refractivity contribution in [3.05, 3.63) is 29.8 Å². The standard InChI is InChI=1S/C14H21N3O/c1-3-14(18)12-4-6-13(7-5-12)15-17-10-8-16(2)9-11-17/h4-7,15H,3,8-11H2,1-2H3. The van der Waals surface area contributed by atoms with Gasteiger partial charge in [0.2, 0.25) is 0 Å². The van der Waals surface area contributed by atoms with Crippen LogP contribution < -0.4 is 5.43 Å². The fourth-order valence-corrected chi connectivity index (χ4v) is 2.04. The number of carbonyl (C=O) groups excluding carboxylic acids is 1. The van der Waals surface area contributed by atoms with Crippen LogP contribution in [-0.2, 0) is 0 Å².